The van der Waals surface area contributed by atoms with Crippen LogP contribution in [0.3, 0.4) is 0 Å². The van der Waals surface area contributed by atoms with Crippen molar-refractivity contribution in [1.82, 2.24) is 5.32 Å². The first kappa shape index (κ1) is 21.2. The third kappa shape index (κ3) is 5.99. The molecule has 28 heavy (non-hydrogen) atoms. The number of ether oxygens (including phenoxy) is 2. The molecule has 0 aliphatic heterocycles. The van der Waals surface area contributed by atoms with Crippen molar-refractivity contribution in [2.45, 2.75) is 19.4 Å². The molecule has 0 heterocycles. The highest BCUT2D eigenvalue weighted by Crippen LogP contribution is 2.22. The Labute approximate surface area is 168 Å². The summed E-state index contributed by atoms with van der Waals surface area (Å²) in [5.74, 6) is -0.803. The Morgan fingerprint density at radius 3 is 2.18 bits per heavy atom. The van der Waals surface area contributed by atoms with Crippen LogP contribution in [-0.4, -0.2) is 37.0 Å². The van der Waals surface area contributed by atoms with E-state index in [2.05, 4.69) is 15.4 Å². The van der Waals surface area contributed by atoms with Crippen molar-refractivity contribution >= 4 is 35.1 Å². The smallest absolute Gasteiger partial charge is 0.325 e. The fraction of sp³-hybridized carbons (Fsp3) is 0.250. The fourth-order valence-electron chi connectivity index (χ4n) is 2.16. The van der Waals surface area contributed by atoms with Crippen molar-refractivity contribution < 1.29 is 23.9 Å². The zero-order chi connectivity index (χ0) is 20.7. The number of nitrogens with one attached hydrogen (secondary N) is 2. The second-order valence-electron chi connectivity index (χ2n) is 6.36. The summed E-state index contributed by atoms with van der Waals surface area (Å²) in [4.78, 5) is 35.6. The third-order valence-corrected chi connectivity index (χ3v) is 4.01. The van der Waals surface area contributed by atoms with Gasteiger partial charge in [0.25, 0.3) is 11.8 Å². The van der Waals surface area contributed by atoms with Gasteiger partial charge in [0, 0.05) is 16.3 Å². The molecular weight excluding hydrogens is 384 g/mol. The van der Waals surface area contributed by atoms with E-state index < -0.39 is 17.5 Å². The molecule has 0 atom stereocenters. The lowest BCUT2D eigenvalue weighted by molar-refractivity contribution is -0.139. The van der Waals surface area contributed by atoms with E-state index in [1.165, 1.54) is 19.2 Å². The molecule has 2 N–H and O–H groups in total. The summed E-state index contributed by atoms with van der Waals surface area (Å²) in [5, 5.41) is 5.75. The van der Waals surface area contributed by atoms with Crippen molar-refractivity contribution in [3.63, 3.8) is 0 Å². The number of halogens is 1. The predicted molar refractivity (Wildman–Crippen MR) is 106 cm³/mol. The molecule has 2 rings (SSSR count). The Bertz CT molecular complexity index is 848. The summed E-state index contributed by atoms with van der Waals surface area (Å²) in [6, 6.07) is 13.0. The maximum absolute atomic E-state index is 12.5. The maximum Gasteiger partial charge on any atom is 0.325 e. The van der Waals surface area contributed by atoms with E-state index in [0.29, 0.717) is 22.0 Å². The molecule has 0 aliphatic carbocycles. The number of benzene rings is 2. The van der Waals surface area contributed by atoms with E-state index in [-0.39, 0.29) is 12.5 Å². The van der Waals surface area contributed by atoms with Crippen LogP contribution in [0.2, 0.25) is 5.02 Å². The summed E-state index contributed by atoms with van der Waals surface area (Å²) >= 11 is 5.84. The second-order valence-corrected chi connectivity index (χ2v) is 6.79. The van der Waals surface area contributed by atoms with Crippen LogP contribution in [0, 0.1) is 0 Å². The molecule has 148 valence electrons. The van der Waals surface area contributed by atoms with E-state index in [1.807, 2.05) is 0 Å². The summed E-state index contributed by atoms with van der Waals surface area (Å²) in [6.45, 7) is 3.07. The number of amides is 2. The third-order valence-electron chi connectivity index (χ3n) is 3.76. The minimum absolute atomic E-state index is 0.218. The van der Waals surface area contributed by atoms with Crippen LogP contribution in [0.25, 0.3) is 0 Å². The van der Waals surface area contributed by atoms with Crippen LogP contribution in [0.5, 0.6) is 5.75 Å². The maximum atomic E-state index is 12.5. The van der Waals surface area contributed by atoms with Gasteiger partial charge in [-0.15, -0.1) is 0 Å². The van der Waals surface area contributed by atoms with Gasteiger partial charge in [-0.05, 0) is 62.4 Å². The minimum Gasteiger partial charge on any atom is -0.478 e. The largest absolute Gasteiger partial charge is 0.478 e. The second kappa shape index (κ2) is 9.23. The molecule has 8 heteroatoms. The number of anilines is 1. The number of rotatable bonds is 7. The number of carbonyl (C=O) groups excluding carboxylic acids is 3. The Morgan fingerprint density at radius 2 is 1.61 bits per heavy atom. The number of methoxy groups -OCH3 is 1. The SMILES string of the molecule is COC(=O)CNC(=O)c1ccc(NC(=O)C(C)(C)Oc2ccc(Cl)cc2)cc1. The van der Waals surface area contributed by atoms with Gasteiger partial charge in [-0.3, -0.25) is 14.4 Å². The standard InChI is InChI=1S/C20H21ClN2O5/c1-20(2,28-16-10-6-14(21)7-11-16)19(26)23-15-8-4-13(5-9-15)18(25)22-12-17(24)27-3/h4-11H,12H2,1-3H3,(H,22,25)(H,23,26). The predicted octanol–water partition coefficient (Wildman–Crippen LogP) is 3.04. The van der Waals surface area contributed by atoms with E-state index in [9.17, 15) is 14.4 Å². The molecule has 7 nitrogen and oxygen atoms in total. The van der Waals surface area contributed by atoms with Crippen LogP contribution in [-0.2, 0) is 14.3 Å². The number of esters is 1. The molecule has 2 aromatic carbocycles. The van der Waals surface area contributed by atoms with Crippen LogP contribution >= 0.6 is 11.6 Å². The number of hydrogen-bond donors (Lipinski definition) is 2. The van der Waals surface area contributed by atoms with E-state index in [1.54, 1.807) is 50.2 Å². The lowest BCUT2D eigenvalue weighted by Crippen LogP contribution is -2.42. The van der Waals surface area contributed by atoms with Crippen LogP contribution in [0.15, 0.2) is 48.5 Å². The minimum atomic E-state index is -1.13. The quantitative estimate of drug-likeness (QED) is 0.692. The van der Waals surface area contributed by atoms with Crippen LogP contribution < -0.4 is 15.4 Å². The van der Waals surface area contributed by atoms with Crippen molar-refractivity contribution in [3.8, 4) is 5.75 Å². The highest BCUT2D eigenvalue weighted by Gasteiger charge is 2.30. The molecule has 2 amide bonds. The molecular formula is C20H21ClN2O5. The Balaban J connectivity index is 1.96. The zero-order valence-electron chi connectivity index (χ0n) is 15.7. The Hall–Kier alpha value is -3.06. The number of carbonyl (C=O) groups is 3. The summed E-state index contributed by atoms with van der Waals surface area (Å²) < 4.78 is 10.2. The molecule has 0 radical (unpaired) electrons. The topological polar surface area (TPSA) is 93.7 Å². The lowest BCUT2D eigenvalue weighted by Gasteiger charge is -2.25. The van der Waals surface area contributed by atoms with Gasteiger partial charge in [-0.2, -0.15) is 0 Å². The average molecular weight is 405 g/mol. The summed E-state index contributed by atoms with van der Waals surface area (Å²) in [6.07, 6.45) is 0. The molecule has 0 spiro atoms. The molecule has 0 unspecified atom stereocenters. The lowest BCUT2D eigenvalue weighted by atomic mass is 10.1. The Kier molecular flexibility index (Phi) is 7.00. The molecule has 0 aromatic heterocycles. The van der Waals surface area contributed by atoms with Gasteiger partial charge in [-0.25, -0.2) is 0 Å². The van der Waals surface area contributed by atoms with E-state index in [4.69, 9.17) is 16.3 Å². The van der Waals surface area contributed by atoms with Crippen LogP contribution in [0.4, 0.5) is 5.69 Å². The van der Waals surface area contributed by atoms with Crippen molar-refractivity contribution in [2.75, 3.05) is 19.0 Å². The summed E-state index contributed by atoms with van der Waals surface area (Å²) in [7, 11) is 1.24. The normalized spacial score (nSPS) is 10.7. The average Bonchev–Trinajstić information content (AvgIpc) is 2.68. The van der Waals surface area contributed by atoms with Gasteiger partial charge in [0.05, 0.1) is 7.11 Å². The van der Waals surface area contributed by atoms with E-state index >= 15 is 0 Å². The zero-order valence-corrected chi connectivity index (χ0v) is 16.5. The van der Waals surface area contributed by atoms with Crippen molar-refractivity contribution in [1.29, 1.82) is 0 Å². The van der Waals surface area contributed by atoms with Crippen molar-refractivity contribution in [2.24, 2.45) is 0 Å². The molecule has 0 fully saturated rings. The van der Waals surface area contributed by atoms with Gasteiger partial charge in [0.15, 0.2) is 5.60 Å². The van der Waals surface area contributed by atoms with Gasteiger partial charge < -0.3 is 20.1 Å². The first-order valence-electron chi connectivity index (χ1n) is 8.42. The van der Waals surface area contributed by atoms with Gasteiger partial charge in [-0.1, -0.05) is 11.6 Å². The van der Waals surface area contributed by atoms with Crippen LogP contribution in [0.1, 0.15) is 24.2 Å². The highest BCUT2D eigenvalue weighted by molar-refractivity contribution is 6.30. The molecule has 0 aliphatic rings. The van der Waals surface area contributed by atoms with Crippen molar-refractivity contribution in [3.05, 3.63) is 59.1 Å². The van der Waals surface area contributed by atoms with Gasteiger partial charge in [0.2, 0.25) is 0 Å². The first-order valence-corrected chi connectivity index (χ1v) is 8.80. The number of hydrogen-bond acceptors (Lipinski definition) is 5. The molecule has 0 saturated heterocycles. The summed E-state index contributed by atoms with van der Waals surface area (Å²) in [5.41, 5.74) is -0.287. The first-order chi connectivity index (χ1) is 13.2. The molecule has 2 aromatic rings. The highest BCUT2D eigenvalue weighted by atomic mass is 35.5. The Morgan fingerprint density at radius 1 is 1.00 bits per heavy atom. The molecule has 0 bridgehead atoms. The molecule has 0 saturated carbocycles. The van der Waals surface area contributed by atoms with Gasteiger partial charge >= 0.3 is 5.97 Å². The van der Waals surface area contributed by atoms with E-state index in [0.717, 1.165) is 0 Å². The monoisotopic (exact) mass is 404 g/mol. The fourth-order valence-corrected chi connectivity index (χ4v) is 2.28. The van der Waals surface area contributed by atoms with Gasteiger partial charge in [0.1, 0.15) is 12.3 Å².